The van der Waals surface area contributed by atoms with Gasteiger partial charge in [-0.05, 0) is 54.1 Å². The minimum atomic E-state index is 0.538. The van der Waals surface area contributed by atoms with Crippen LogP contribution in [0.3, 0.4) is 0 Å². The minimum absolute atomic E-state index is 0.538. The van der Waals surface area contributed by atoms with Crippen molar-refractivity contribution in [2.45, 2.75) is 6.61 Å². The van der Waals surface area contributed by atoms with E-state index in [0.717, 1.165) is 44.8 Å². The van der Waals surface area contributed by atoms with E-state index in [0.29, 0.717) is 12.4 Å². The first-order chi connectivity index (χ1) is 16.3. The van der Waals surface area contributed by atoms with E-state index in [-0.39, 0.29) is 0 Å². The number of hydrogen-bond donors (Lipinski definition) is 1. The van der Waals surface area contributed by atoms with Crippen LogP contribution in [0.15, 0.2) is 103 Å². The molecule has 0 unspecified atom stereocenters. The first-order valence-electron chi connectivity index (χ1n) is 10.7. The third-order valence-corrected chi connectivity index (χ3v) is 5.42. The van der Waals surface area contributed by atoms with Gasteiger partial charge in [-0.1, -0.05) is 54.6 Å². The van der Waals surface area contributed by atoms with Crippen molar-refractivity contribution >= 4 is 22.3 Å². The predicted octanol–water partition coefficient (Wildman–Crippen LogP) is 6.63. The Labute approximate surface area is 192 Å². The molecule has 0 bridgehead atoms. The summed E-state index contributed by atoms with van der Waals surface area (Å²) in [4.78, 5) is 0. The molecule has 0 spiro atoms. The molecule has 33 heavy (non-hydrogen) atoms. The van der Waals surface area contributed by atoms with E-state index in [9.17, 15) is 0 Å². The third kappa shape index (κ3) is 4.62. The smallest absolute Gasteiger partial charge is 0.161 e. The molecule has 0 amide bonds. The number of methoxy groups -OCH3 is 1. The Kier molecular flexibility index (Phi) is 5.85. The van der Waals surface area contributed by atoms with Crippen LogP contribution in [0.1, 0.15) is 5.56 Å². The van der Waals surface area contributed by atoms with Gasteiger partial charge in [-0.25, -0.2) is 0 Å². The van der Waals surface area contributed by atoms with Crippen molar-refractivity contribution in [3.63, 3.8) is 0 Å². The molecule has 5 nitrogen and oxygen atoms in total. The highest BCUT2D eigenvalue weighted by molar-refractivity contribution is 6.00. The molecule has 0 saturated heterocycles. The Morgan fingerprint density at radius 1 is 0.667 bits per heavy atom. The van der Waals surface area contributed by atoms with Gasteiger partial charge in [0.15, 0.2) is 5.82 Å². The fourth-order valence-electron chi connectivity index (χ4n) is 3.67. The topological polar surface area (TPSA) is 56.3 Å². The van der Waals surface area contributed by atoms with Gasteiger partial charge in [-0.15, -0.1) is 10.2 Å². The summed E-state index contributed by atoms with van der Waals surface area (Å²) >= 11 is 0. The lowest BCUT2D eigenvalue weighted by Crippen LogP contribution is -1.99. The zero-order valence-electron chi connectivity index (χ0n) is 18.2. The van der Waals surface area contributed by atoms with Crippen LogP contribution >= 0.6 is 0 Å². The molecule has 0 atom stereocenters. The molecule has 0 aliphatic rings. The van der Waals surface area contributed by atoms with Crippen molar-refractivity contribution in [1.29, 1.82) is 0 Å². The maximum absolute atomic E-state index is 5.88. The van der Waals surface area contributed by atoms with Crippen LogP contribution < -0.4 is 14.8 Å². The molecule has 1 aromatic heterocycles. The van der Waals surface area contributed by atoms with Gasteiger partial charge in [0.05, 0.1) is 7.11 Å². The van der Waals surface area contributed by atoms with Crippen molar-refractivity contribution in [1.82, 2.24) is 10.2 Å². The van der Waals surface area contributed by atoms with E-state index in [1.54, 1.807) is 7.11 Å². The van der Waals surface area contributed by atoms with Crippen molar-refractivity contribution in [2.24, 2.45) is 0 Å². The van der Waals surface area contributed by atoms with Gasteiger partial charge in [0.1, 0.15) is 23.8 Å². The standard InChI is InChI=1S/C28H23N3O2/c1-32-23-15-11-21(12-16-23)27-25-9-5-6-10-26(25)28(31-30-27)29-22-13-17-24(18-14-22)33-19-20-7-3-2-4-8-20/h2-18H,19H2,1H3,(H,29,31). The van der Waals surface area contributed by atoms with Gasteiger partial charge in [-0.2, -0.15) is 0 Å². The van der Waals surface area contributed by atoms with Crippen LogP contribution in [0, 0.1) is 0 Å². The van der Waals surface area contributed by atoms with Gasteiger partial charge in [0.25, 0.3) is 0 Å². The summed E-state index contributed by atoms with van der Waals surface area (Å²) in [7, 11) is 1.66. The molecule has 5 aromatic rings. The van der Waals surface area contributed by atoms with E-state index in [2.05, 4.69) is 39.8 Å². The molecule has 0 fully saturated rings. The molecule has 1 N–H and O–H groups in total. The average Bonchev–Trinajstić information content (AvgIpc) is 2.89. The average molecular weight is 434 g/mol. The van der Waals surface area contributed by atoms with E-state index in [1.807, 2.05) is 78.9 Å². The van der Waals surface area contributed by atoms with Gasteiger partial charge in [-0.3, -0.25) is 0 Å². The summed E-state index contributed by atoms with van der Waals surface area (Å²) in [6, 6.07) is 34.0. The summed E-state index contributed by atoms with van der Waals surface area (Å²) < 4.78 is 11.2. The van der Waals surface area contributed by atoms with Crippen molar-refractivity contribution in [3.05, 3.63) is 109 Å². The monoisotopic (exact) mass is 433 g/mol. The summed E-state index contributed by atoms with van der Waals surface area (Å²) in [6.45, 7) is 0.538. The van der Waals surface area contributed by atoms with Crippen molar-refractivity contribution in [2.75, 3.05) is 12.4 Å². The highest BCUT2D eigenvalue weighted by Crippen LogP contribution is 2.32. The number of nitrogens with zero attached hydrogens (tertiary/aromatic N) is 2. The number of nitrogens with one attached hydrogen (secondary N) is 1. The van der Waals surface area contributed by atoms with Gasteiger partial charge < -0.3 is 14.8 Å². The number of hydrogen-bond acceptors (Lipinski definition) is 5. The highest BCUT2D eigenvalue weighted by atomic mass is 16.5. The minimum Gasteiger partial charge on any atom is -0.497 e. The second kappa shape index (κ2) is 9.40. The summed E-state index contributed by atoms with van der Waals surface area (Å²) in [5, 5.41) is 14.5. The number of benzene rings is 4. The Bertz CT molecular complexity index is 1350. The van der Waals surface area contributed by atoms with Crippen LogP contribution in [0.4, 0.5) is 11.5 Å². The van der Waals surface area contributed by atoms with Gasteiger partial charge in [0.2, 0.25) is 0 Å². The molecule has 0 saturated carbocycles. The highest BCUT2D eigenvalue weighted by Gasteiger charge is 2.11. The lowest BCUT2D eigenvalue weighted by atomic mass is 10.0. The Morgan fingerprint density at radius 3 is 2.06 bits per heavy atom. The maximum atomic E-state index is 5.88. The molecule has 0 aliphatic heterocycles. The number of fused-ring (bicyclic) bond motifs is 1. The number of rotatable bonds is 7. The quantitative estimate of drug-likeness (QED) is 0.312. The number of aromatic nitrogens is 2. The first kappa shape index (κ1) is 20.5. The number of anilines is 2. The Hall–Kier alpha value is -4.38. The second-order valence-electron chi connectivity index (χ2n) is 7.59. The summed E-state index contributed by atoms with van der Waals surface area (Å²) in [5.41, 5.74) is 3.88. The molecule has 5 rings (SSSR count). The maximum Gasteiger partial charge on any atom is 0.161 e. The largest absolute Gasteiger partial charge is 0.497 e. The van der Waals surface area contributed by atoms with Gasteiger partial charge in [0, 0.05) is 22.0 Å². The SMILES string of the molecule is COc1ccc(-c2nnc(Nc3ccc(OCc4ccccc4)cc3)c3ccccc23)cc1. The van der Waals surface area contributed by atoms with Crippen LogP contribution in [-0.2, 0) is 6.61 Å². The Balaban J connectivity index is 1.37. The summed E-state index contributed by atoms with van der Waals surface area (Å²) in [5.74, 6) is 2.33. The van der Waals surface area contributed by atoms with Crippen LogP contribution in [0.25, 0.3) is 22.0 Å². The van der Waals surface area contributed by atoms with Crippen LogP contribution in [0.5, 0.6) is 11.5 Å². The van der Waals surface area contributed by atoms with E-state index >= 15 is 0 Å². The number of ether oxygens (including phenoxy) is 2. The molecule has 0 radical (unpaired) electrons. The van der Waals surface area contributed by atoms with Crippen LogP contribution in [-0.4, -0.2) is 17.3 Å². The second-order valence-corrected chi connectivity index (χ2v) is 7.59. The molecular weight excluding hydrogens is 410 g/mol. The van der Waals surface area contributed by atoms with Gasteiger partial charge >= 0.3 is 0 Å². The van der Waals surface area contributed by atoms with Crippen molar-refractivity contribution < 1.29 is 9.47 Å². The normalized spacial score (nSPS) is 10.7. The van der Waals surface area contributed by atoms with Crippen molar-refractivity contribution in [3.8, 4) is 22.8 Å². The lowest BCUT2D eigenvalue weighted by molar-refractivity contribution is 0.306. The van der Waals surface area contributed by atoms with Crippen LogP contribution in [0.2, 0.25) is 0 Å². The lowest BCUT2D eigenvalue weighted by Gasteiger charge is -2.12. The molecule has 162 valence electrons. The predicted molar refractivity (Wildman–Crippen MR) is 132 cm³/mol. The van der Waals surface area contributed by atoms with E-state index in [1.165, 1.54) is 0 Å². The zero-order chi connectivity index (χ0) is 22.5. The fourth-order valence-corrected chi connectivity index (χ4v) is 3.67. The summed E-state index contributed by atoms with van der Waals surface area (Å²) in [6.07, 6.45) is 0. The van der Waals surface area contributed by atoms with E-state index in [4.69, 9.17) is 9.47 Å². The Morgan fingerprint density at radius 2 is 1.33 bits per heavy atom. The molecule has 1 heterocycles. The molecular formula is C28H23N3O2. The third-order valence-electron chi connectivity index (χ3n) is 5.42. The molecule has 0 aliphatic carbocycles. The zero-order valence-corrected chi connectivity index (χ0v) is 18.2. The fraction of sp³-hybridized carbons (Fsp3) is 0.0714. The molecule has 5 heteroatoms. The van der Waals surface area contributed by atoms with E-state index < -0.39 is 0 Å². The molecule has 4 aromatic carbocycles. The first-order valence-corrected chi connectivity index (χ1v) is 10.7.